The van der Waals surface area contributed by atoms with Crippen molar-refractivity contribution >= 4 is 17.9 Å². The standard InChI is InChI=1S/C23H20O5/c1-14-8-17(10-15-4-2-6-19-22(15)27-12-25-19)21(24)18(9-14)11-16-5-3-7-20-23(16)28-13-26-20/h2-7,10-11,14H,8-9,12-13H2,1H3. The van der Waals surface area contributed by atoms with Crippen LogP contribution in [0.5, 0.6) is 23.0 Å². The second-order valence-corrected chi connectivity index (χ2v) is 7.34. The third-order valence-corrected chi connectivity index (χ3v) is 5.23. The second-order valence-electron chi connectivity index (χ2n) is 7.34. The number of ether oxygens (including phenoxy) is 4. The topological polar surface area (TPSA) is 54.0 Å². The number of allylic oxidation sites excluding steroid dienone is 2. The predicted molar refractivity (Wildman–Crippen MR) is 104 cm³/mol. The molecule has 1 aliphatic carbocycles. The fraction of sp³-hybridized carbons (Fsp3) is 0.261. The van der Waals surface area contributed by atoms with Crippen LogP contribution < -0.4 is 18.9 Å². The molecule has 5 nitrogen and oxygen atoms in total. The molecule has 0 spiro atoms. The highest BCUT2D eigenvalue weighted by molar-refractivity contribution is 6.14. The Bertz CT molecular complexity index is 938. The maximum absolute atomic E-state index is 13.2. The second kappa shape index (κ2) is 6.75. The van der Waals surface area contributed by atoms with Crippen LogP contribution >= 0.6 is 0 Å². The van der Waals surface area contributed by atoms with Crippen LogP contribution in [0.25, 0.3) is 12.2 Å². The fourth-order valence-electron chi connectivity index (χ4n) is 3.97. The van der Waals surface area contributed by atoms with Gasteiger partial charge in [0, 0.05) is 22.3 Å². The number of hydrogen-bond acceptors (Lipinski definition) is 5. The maximum Gasteiger partial charge on any atom is 0.231 e. The molecule has 0 radical (unpaired) electrons. The Labute approximate surface area is 163 Å². The molecule has 2 heterocycles. The first-order chi connectivity index (χ1) is 13.7. The number of fused-ring (bicyclic) bond motifs is 2. The van der Waals surface area contributed by atoms with Crippen LogP contribution in [0.15, 0.2) is 47.5 Å². The molecule has 2 aliphatic heterocycles. The van der Waals surface area contributed by atoms with Gasteiger partial charge >= 0.3 is 0 Å². The molecular weight excluding hydrogens is 356 g/mol. The smallest absolute Gasteiger partial charge is 0.231 e. The van der Waals surface area contributed by atoms with Crippen LogP contribution in [0.1, 0.15) is 30.9 Å². The summed E-state index contributed by atoms with van der Waals surface area (Å²) < 4.78 is 22.1. The number of ketones is 1. The van der Waals surface area contributed by atoms with Gasteiger partial charge in [-0.25, -0.2) is 0 Å². The Balaban J connectivity index is 1.52. The van der Waals surface area contributed by atoms with Crippen LogP contribution in [0.4, 0.5) is 0 Å². The first-order valence-corrected chi connectivity index (χ1v) is 9.42. The Kier molecular flexibility index (Phi) is 4.08. The molecule has 0 amide bonds. The summed E-state index contributed by atoms with van der Waals surface area (Å²) in [6, 6.07) is 11.5. The average molecular weight is 376 g/mol. The average Bonchev–Trinajstić information content (AvgIpc) is 3.35. The highest BCUT2D eigenvalue weighted by Gasteiger charge is 2.27. The molecule has 0 unspecified atom stereocenters. The third kappa shape index (κ3) is 2.93. The number of hydrogen-bond donors (Lipinski definition) is 0. The molecule has 0 aromatic heterocycles. The summed E-state index contributed by atoms with van der Waals surface area (Å²) in [4.78, 5) is 13.2. The maximum atomic E-state index is 13.2. The molecule has 0 saturated heterocycles. The number of para-hydroxylation sites is 2. The lowest BCUT2D eigenvalue weighted by atomic mass is 9.80. The lowest BCUT2D eigenvalue weighted by Crippen LogP contribution is -2.18. The van der Waals surface area contributed by atoms with Crippen molar-refractivity contribution in [3.63, 3.8) is 0 Å². The quantitative estimate of drug-likeness (QED) is 0.717. The van der Waals surface area contributed by atoms with E-state index in [2.05, 4.69) is 6.92 Å². The van der Waals surface area contributed by atoms with Crippen LogP contribution in [-0.4, -0.2) is 19.4 Å². The monoisotopic (exact) mass is 376 g/mol. The molecule has 28 heavy (non-hydrogen) atoms. The summed E-state index contributed by atoms with van der Waals surface area (Å²) in [7, 11) is 0. The highest BCUT2D eigenvalue weighted by Crippen LogP contribution is 2.40. The molecule has 1 saturated carbocycles. The van der Waals surface area contributed by atoms with Crippen molar-refractivity contribution in [3.05, 3.63) is 58.7 Å². The van der Waals surface area contributed by atoms with Gasteiger partial charge in [-0.2, -0.15) is 0 Å². The van der Waals surface area contributed by atoms with E-state index < -0.39 is 0 Å². The lowest BCUT2D eigenvalue weighted by molar-refractivity contribution is -0.113. The summed E-state index contributed by atoms with van der Waals surface area (Å²) >= 11 is 0. The Morgan fingerprint density at radius 3 is 1.79 bits per heavy atom. The molecule has 142 valence electrons. The third-order valence-electron chi connectivity index (χ3n) is 5.23. The first kappa shape index (κ1) is 16.9. The summed E-state index contributed by atoms with van der Waals surface area (Å²) in [5, 5.41) is 0. The van der Waals surface area contributed by atoms with Crippen molar-refractivity contribution in [3.8, 4) is 23.0 Å². The van der Waals surface area contributed by atoms with E-state index in [-0.39, 0.29) is 19.4 Å². The number of carbonyl (C=O) groups is 1. The molecule has 3 aliphatic rings. The normalized spacial score (nSPS) is 22.9. The molecule has 0 atom stereocenters. The Morgan fingerprint density at radius 1 is 0.786 bits per heavy atom. The molecule has 5 heteroatoms. The molecule has 1 fully saturated rings. The van der Waals surface area contributed by atoms with Crippen LogP contribution in [0.2, 0.25) is 0 Å². The van der Waals surface area contributed by atoms with E-state index >= 15 is 0 Å². The summed E-state index contributed by atoms with van der Waals surface area (Å²) in [6.45, 7) is 2.59. The van der Waals surface area contributed by atoms with E-state index in [4.69, 9.17) is 18.9 Å². The minimum absolute atomic E-state index is 0.0751. The van der Waals surface area contributed by atoms with E-state index in [0.29, 0.717) is 17.4 Å². The molecule has 2 aromatic rings. The highest BCUT2D eigenvalue weighted by atomic mass is 16.7. The number of Topliss-reactive ketones (excluding diaryl/α,β-unsaturated/α-hetero) is 1. The van der Waals surface area contributed by atoms with Crippen molar-refractivity contribution in [1.29, 1.82) is 0 Å². The molecule has 0 bridgehead atoms. The number of carbonyl (C=O) groups excluding carboxylic acids is 1. The van der Waals surface area contributed by atoms with Gasteiger partial charge in [0.2, 0.25) is 13.6 Å². The van der Waals surface area contributed by atoms with Gasteiger partial charge in [0.25, 0.3) is 0 Å². The van der Waals surface area contributed by atoms with Gasteiger partial charge in [-0.3, -0.25) is 4.79 Å². The Hall–Kier alpha value is -3.21. The molecule has 5 rings (SSSR count). The predicted octanol–water partition coefficient (Wildman–Crippen LogP) is 4.61. The van der Waals surface area contributed by atoms with Crippen molar-refractivity contribution in [2.24, 2.45) is 5.92 Å². The van der Waals surface area contributed by atoms with Gasteiger partial charge in [0.15, 0.2) is 28.8 Å². The van der Waals surface area contributed by atoms with Gasteiger partial charge in [-0.1, -0.05) is 31.2 Å². The van der Waals surface area contributed by atoms with Gasteiger partial charge in [0.05, 0.1) is 0 Å². The zero-order valence-corrected chi connectivity index (χ0v) is 15.6. The molecule has 0 N–H and O–H groups in total. The first-order valence-electron chi connectivity index (χ1n) is 9.42. The largest absolute Gasteiger partial charge is 0.454 e. The van der Waals surface area contributed by atoms with E-state index in [1.165, 1.54) is 0 Å². The van der Waals surface area contributed by atoms with E-state index in [1.54, 1.807) is 0 Å². The van der Waals surface area contributed by atoms with Gasteiger partial charge in [0.1, 0.15) is 0 Å². The van der Waals surface area contributed by atoms with E-state index in [0.717, 1.165) is 46.6 Å². The zero-order valence-electron chi connectivity index (χ0n) is 15.6. The summed E-state index contributed by atoms with van der Waals surface area (Å²) in [5.41, 5.74) is 3.34. The Morgan fingerprint density at radius 2 is 1.29 bits per heavy atom. The van der Waals surface area contributed by atoms with Crippen LogP contribution in [-0.2, 0) is 4.79 Å². The SMILES string of the molecule is CC1CC(=Cc2cccc3c2OCO3)C(=O)C(=Cc2cccc3c2OCO3)C1. The minimum Gasteiger partial charge on any atom is -0.454 e. The van der Waals surface area contributed by atoms with Crippen molar-refractivity contribution in [2.75, 3.05) is 13.6 Å². The number of benzene rings is 2. The van der Waals surface area contributed by atoms with Gasteiger partial charge in [-0.15, -0.1) is 0 Å². The fourth-order valence-corrected chi connectivity index (χ4v) is 3.97. The van der Waals surface area contributed by atoms with Gasteiger partial charge < -0.3 is 18.9 Å². The molecular formula is C23H20O5. The van der Waals surface area contributed by atoms with Crippen molar-refractivity contribution in [1.82, 2.24) is 0 Å². The van der Waals surface area contributed by atoms with Crippen LogP contribution in [0, 0.1) is 5.92 Å². The van der Waals surface area contributed by atoms with E-state index in [1.807, 2.05) is 48.6 Å². The van der Waals surface area contributed by atoms with Gasteiger partial charge in [-0.05, 0) is 43.0 Å². The minimum atomic E-state index is 0.0751. The summed E-state index contributed by atoms with van der Waals surface area (Å²) in [5.74, 6) is 3.30. The van der Waals surface area contributed by atoms with Crippen molar-refractivity contribution < 1.29 is 23.7 Å². The van der Waals surface area contributed by atoms with Crippen LogP contribution in [0.3, 0.4) is 0 Å². The number of rotatable bonds is 2. The molecule has 2 aromatic carbocycles. The summed E-state index contributed by atoms with van der Waals surface area (Å²) in [6.07, 6.45) is 5.36. The zero-order chi connectivity index (χ0) is 19.1. The van der Waals surface area contributed by atoms with E-state index in [9.17, 15) is 4.79 Å². The lowest BCUT2D eigenvalue weighted by Gasteiger charge is -2.23. The van der Waals surface area contributed by atoms with Crippen molar-refractivity contribution in [2.45, 2.75) is 19.8 Å².